The molecule has 2 N–H and O–H groups in total. The van der Waals surface area contributed by atoms with Crippen LogP contribution in [0, 0.1) is 0 Å². The van der Waals surface area contributed by atoms with Crippen LogP contribution in [0.4, 0.5) is 10.5 Å². The molecular weight excluding hydrogens is 316 g/mol. The molecule has 5 nitrogen and oxygen atoms in total. The Balaban J connectivity index is 1.76. The van der Waals surface area contributed by atoms with Crippen LogP contribution in [0.5, 0.6) is 0 Å². The molecule has 1 unspecified atom stereocenters. The lowest BCUT2D eigenvalue weighted by Crippen LogP contribution is -2.39. The molecular formula is C20H26N2O3. The highest BCUT2D eigenvalue weighted by Crippen LogP contribution is 2.15. The Hall–Kier alpha value is -2.37. The zero-order valence-electron chi connectivity index (χ0n) is 14.8. The molecule has 134 valence electrons. The number of ether oxygens (including phenoxy) is 1. The molecule has 1 atom stereocenters. The first-order valence-corrected chi connectivity index (χ1v) is 8.50. The van der Waals surface area contributed by atoms with Crippen molar-refractivity contribution in [3.05, 3.63) is 65.7 Å². The highest BCUT2D eigenvalue weighted by atomic mass is 16.5. The fraction of sp³-hybridized carbons (Fsp3) is 0.350. The number of nitrogens with one attached hydrogen (secondary N) is 1. The Morgan fingerprint density at radius 1 is 1.16 bits per heavy atom. The second-order valence-electron chi connectivity index (χ2n) is 5.98. The Bertz CT molecular complexity index is 661. The molecule has 0 aliphatic rings. The number of nitrogens with zero attached hydrogens (tertiary/aromatic N) is 1. The molecule has 0 spiro atoms. The second kappa shape index (κ2) is 9.81. The molecule has 0 aromatic heterocycles. The molecule has 0 saturated heterocycles. The number of carbonyl (C=O) groups is 1. The number of aliphatic hydroxyl groups excluding tert-OH is 1. The molecule has 2 rings (SSSR count). The van der Waals surface area contributed by atoms with Crippen LogP contribution in [0.2, 0.25) is 0 Å². The molecule has 0 fully saturated rings. The van der Waals surface area contributed by atoms with Gasteiger partial charge in [0.15, 0.2) is 0 Å². The average Bonchev–Trinajstić information content (AvgIpc) is 2.63. The fourth-order valence-corrected chi connectivity index (χ4v) is 2.50. The van der Waals surface area contributed by atoms with E-state index in [0.717, 1.165) is 23.2 Å². The predicted octanol–water partition coefficient (Wildman–Crippen LogP) is 3.29. The number of hydrogen-bond donors (Lipinski definition) is 2. The van der Waals surface area contributed by atoms with Crippen molar-refractivity contribution < 1.29 is 14.6 Å². The van der Waals surface area contributed by atoms with Crippen molar-refractivity contribution in [2.24, 2.45) is 0 Å². The third-order valence-corrected chi connectivity index (χ3v) is 3.89. The minimum atomic E-state index is -0.735. The van der Waals surface area contributed by atoms with Crippen LogP contribution in [0.25, 0.3) is 0 Å². The van der Waals surface area contributed by atoms with Crippen molar-refractivity contribution >= 4 is 11.7 Å². The SMILES string of the molecule is CCc1ccccc1NC(=O)N(C)CC(O)COCc1ccccc1. The summed E-state index contributed by atoms with van der Waals surface area (Å²) in [6.45, 7) is 2.87. The van der Waals surface area contributed by atoms with E-state index in [2.05, 4.69) is 5.32 Å². The minimum Gasteiger partial charge on any atom is -0.389 e. The highest BCUT2D eigenvalue weighted by Gasteiger charge is 2.15. The third kappa shape index (κ3) is 6.21. The number of rotatable bonds is 8. The Labute approximate surface area is 149 Å². The maximum atomic E-state index is 12.3. The lowest BCUT2D eigenvalue weighted by molar-refractivity contribution is 0.0188. The van der Waals surface area contributed by atoms with Crippen LogP contribution in [0.15, 0.2) is 54.6 Å². The summed E-state index contributed by atoms with van der Waals surface area (Å²) in [4.78, 5) is 13.7. The van der Waals surface area contributed by atoms with Crippen molar-refractivity contribution in [1.29, 1.82) is 0 Å². The van der Waals surface area contributed by atoms with Gasteiger partial charge >= 0.3 is 6.03 Å². The largest absolute Gasteiger partial charge is 0.389 e. The summed E-state index contributed by atoms with van der Waals surface area (Å²) in [5.74, 6) is 0. The van der Waals surface area contributed by atoms with Gasteiger partial charge in [-0.15, -0.1) is 0 Å². The average molecular weight is 342 g/mol. The second-order valence-corrected chi connectivity index (χ2v) is 5.98. The van der Waals surface area contributed by atoms with Crippen LogP contribution >= 0.6 is 0 Å². The van der Waals surface area contributed by atoms with E-state index >= 15 is 0 Å². The van der Waals surface area contributed by atoms with Crippen LogP contribution < -0.4 is 5.32 Å². The van der Waals surface area contributed by atoms with Gasteiger partial charge in [0.25, 0.3) is 0 Å². The van der Waals surface area contributed by atoms with Gasteiger partial charge < -0.3 is 20.1 Å². The number of anilines is 1. The van der Waals surface area contributed by atoms with Crippen LogP contribution in [-0.2, 0) is 17.8 Å². The van der Waals surface area contributed by atoms with Crippen molar-refractivity contribution in [2.45, 2.75) is 26.1 Å². The van der Waals surface area contributed by atoms with E-state index in [4.69, 9.17) is 4.74 Å². The van der Waals surface area contributed by atoms with E-state index in [-0.39, 0.29) is 19.2 Å². The van der Waals surface area contributed by atoms with Crippen LogP contribution in [0.1, 0.15) is 18.1 Å². The van der Waals surface area contributed by atoms with Gasteiger partial charge in [0.2, 0.25) is 0 Å². The number of carbonyl (C=O) groups excluding carboxylic acids is 1. The fourth-order valence-electron chi connectivity index (χ4n) is 2.50. The van der Waals surface area contributed by atoms with Gasteiger partial charge in [-0.1, -0.05) is 55.5 Å². The third-order valence-electron chi connectivity index (χ3n) is 3.89. The number of hydrogen-bond acceptors (Lipinski definition) is 3. The molecule has 2 aromatic carbocycles. The lowest BCUT2D eigenvalue weighted by atomic mass is 10.1. The van der Waals surface area contributed by atoms with E-state index in [1.54, 1.807) is 7.05 Å². The first-order chi connectivity index (χ1) is 12.1. The molecule has 2 aromatic rings. The van der Waals surface area contributed by atoms with Gasteiger partial charge in [-0.2, -0.15) is 0 Å². The number of aryl methyl sites for hydroxylation is 1. The summed E-state index contributed by atoms with van der Waals surface area (Å²) in [7, 11) is 1.66. The number of benzene rings is 2. The van der Waals surface area contributed by atoms with Gasteiger partial charge in [0.1, 0.15) is 0 Å². The van der Waals surface area contributed by atoms with E-state index in [1.165, 1.54) is 4.90 Å². The monoisotopic (exact) mass is 342 g/mol. The number of urea groups is 1. The standard InChI is InChI=1S/C20H26N2O3/c1-3-17-11-7-8-12-19(17)21-20(24)22(2)13-18(23)15-25-14-16-9-5-4-6-10-16/h4-12,18,23H,3,13-15H2,1-2H3,(H,21,24). The quantitative estimate of drug-likeness (QED) is 0.774. The summed E-state index contributed by atoms with van der Waals surface area (Å²) < 4.78 is 5.51. The Morgan fingerprint density at radius 2 is 1.84 bits per heavy atom. The molecule has 25 heavy (non-hydrogen) atoms. The number of aliphatic hydroxyl groups is 1. The normalized spacial score (nSPS) is 11.8. The lowest BCUT2D eigenvalue weighted by Gasteiger charge is -2.22. The molecule has 0 radical (unpaired) electrons. The molecule has 0 heterocycles. The van der Waals surface area contributed by atoms with Gasteiger partial charge in [-0.25, -0.2) is 4.79 Å². The summed E-state index contributed by atoms with van der Waals surface area (Å²) in [6, 6.07) is 17.2. The van der Waals surface area contributed by atoms with Gasteiger partial charge in [-0.05, 0) is 23.6 Å². The first-order valence-electron chi connectivity index (χ1n) is 8.50. The zero-order valence-corrected chi connectivity index (χ0v) is 14.8. The Kier molecular flexibility index (Phi) is 7.44. The number of para-hydroxylation sites is 1. The van der Waals surface area contributed by atoms with Crippen molar-refractivity contribution in [2.75, 3.05) is 25.5 Å². The molecule has 0 bridgehead atoms. The molecule has 2 amide bonds. The van der Waals surface area contributed by atoms with Gasteiger partial charge in [0, 0.05) is 12.7 Å². The molecule has 0 saturated carbocycles. The van der Waals surface area contributed by atoms with Gasteiger partial charge in [0.05, 0.1) is 25.9 Å². The maximum absolute atomic E-state index is 12.3. The van der Waals surface area contributed by atoms with Crippen molar-refractivity contribution in [3.8, 4) is 0 Å². The minimum absolute atomic E-state index is 0.179. The van der Waals surface area contributed by atoms with Crippen LogP contribution in [-0.4, -0.2) is 42.3 Å². The smallest absolute Gasteiger partial charge is 0.321 e. The molecule has 5 heteroatoms. The van der Waals surface area contributed by atoms with E-state index in [0.29, 0.717) is 6.61 Å². The Morgan fingerprint density at radius 3 is 2.56 bits per heavy atom. The molecule has 0 aliphatic heterocycles. The topological polar surface area (TPSA) is 61.8 Å². The van der Waals surface area contributed by atoms with E-state index < -0.39 is 6.10 Å². The zero-order chi connectivity index (χ0) is 18.1. The number of likely N-dealkylation sites (N-methyl/N-ethyl adjacent to an activating group) is 1. The summed E-state index contributed by atoms with van der Waals surface area (Å²) in [5.41, 5.74) is 2.93. The maximum Gasteiger partial charge on any atom is 0.321 e. The van der Waals surface area contributed by atoms with E-state index in [9.17, 15) is 9.90 Å². The van der Waals surface area contributed by atoms with Crippen LogP contribution in [0.3, 0.4) is 0 Å². The van der Waals surface area contributed by atoms with Gasteiger partial charge in [-0.3, -0.25) is 0 Å². The first kappa shape index (κ1) is 19.0. The van der Waals surface area contributed by atoms with E-state index in [1.807, 2.05) is 61.5 Å². The summed E-state index contributed by atoms with van der Waals surface area (Å²) in [5, 5.41) is 13.0. The van der Waals surface area contributed by atoms with Crippen molar-refractivity contribution in [3.63, 3.8) is 0 Å². The van der Waals surface area contributed by atoms with Crippen molar-refractivity contribution in [1.82, 2.24) is 4.90 Å². The molecule has 0 aliphatic carbocycles. The summed E-state index contributed by atoms with van der Waals surface area (Å²) in [6.07, 6.45) is 0.108. The summed E-state index contributed by atoms with van der Waals surface area (Å²) >= 11 is 0. The predicted molar refractivity (Wildman–Crippen MR) is 99.6 cm³/mol. The highest BCUT2D eigenvalue weighted by molar-refractivity contribution is 5.90. The number of amides is 2.